The summed E-state index contributed by atoms with van der Waals surface area (Å²) in [5, 5.41) is 13.6. The summed E-state index contributed by atoms with van der Waals surface area (Å²) in [6, 6.07) is 5.95. The number of hydrogen-bond acceptors (Lipinski definition) is 7. The van der Waals surface area contributed by atoms with E-state index in [-0.39, 0.29) is 0 Å². The van der Waals surface area contributed by atoms with Gasteiger partial charge in [-0.15, -0.1) is 15.3 Å². The fourth-order valence-electron chi connectivity index (χ4n) is 3.96. The van der Waals surface area contributed by atoms with Gasteiger partial charge in [0.1, 0.15) is 5.82 Å². The Balaban J connectivity index is 1.37. The predicted molar refractivity (Wildman–Crippen MR) is 98.4 cm³/mol. The van der Waals surface area contributed by atoms with Crippen molar-refractivity contribution < 1.29 is 0 Å². The Hall–Kier alpha value is -2.77. The number of anilines is 2. The number of fused-ring (bicyclic) bond motifs is 1. The van der Waals surface area contributed by atoms with Crippen LogP contribution in [0.25, 0.3) is 5.65 Å². The van der Waals surface area contributed by atoms with Crippen LogP contribution in [0.15, 0.2) is 30.6 Å². The molecule has 0 bridgehead atoms. The van der Waals surface area contributed by atoms with Crippen molar-refractivity contribution in [3.05, 3.63) is 36.4 Å². The lowest BCUT2D eigenvalue weighted by atomic mass is 9.96. The molecule has 0 atom stereocenters. The van der Waals surface area contributed by atoms with Crippen molar-refractivity contribution in [1.82, 2.24) is 29.8 Å². The van der Waals surface area contributed by atoms with Crippen LogP contribution in [0.1, 0.15) is 37.4 Å². The zero-order valence-corrected chi connectivity index (χ0v) is 14.7. The van der Waals surface area contributed by atoms with Crippen LogP contribution in [0.3, 0.4) is 0 Å². The van der Waals surface area contributed by atoms with E-state index in [0.29, 0.717) is 5.92 Å². The first-order chi connectivity index (χ1) is 12.9. The van der Waals surface area contributed by atoms with Gasteiger partial charge in [-0.1, -0.05) is 0 Å². The predicted octanol–water partition coefficient (Wildman–Crippen LogP) is 1.90. The third kappa shape index (κ3) is 2.75. The van der Waals surface area contributed by atoms with E-state index in [9.17, 15) is 0 Å². The fraction of sp³-hybridized carbons (Fsp3) is 0.500. The number of nitrogens with zero attached hydrogens (tertiary/aromatic N) is 8. The van der Waals surface area contributed by atoms with E-state index in [1.165, 1.54) is 12.8 Å². The van der Waals surface area contributed by atoms with Gasteiger partial charge in [-0.3, -0.25) is 0 Å². The molecule has 8 nitrogen and oxygen atoms in total. The number of aromatic nitrogens is 6. The first-order valence-corrected chi connectivity index (χ1v) is 9.38. The molecule has 3 aromatic heterocycles. The van der Waals surface area contributed by atoms with Gasteiger partial charge in [-0.05, 0) is 43.9 Å². The number of piperidine rings is 1. The van der Waals surface area contributed by atoms with Gasteiger partial charge >= 0.3 is 0 Å². The average Bonchev–Trinajstić information content (AvgIpc) is 3.38. The molecule has 0 saturated carbocycles. The van der Waals surface area contributed by atoms with Gasteiger partial charge in [0.25, 0.3) is 0 Å². The number of hydrogen-bond donors (Lipinski definition) is 0. The van der Waals surface area contributed by atoms with Gasteiger partial charge in [0.2, 0.25) is 5.95 Å². The van der Waals surface area contributed by atoms with E-state index < -0.39 is 0 Å². The average molecular weight is 350 g/mol. The highest BCUT2D eigenvalue weighted by atomic mass is 15.4. The molecule has 0 spiro atoms. The summed E-state index contributed by atoms with van der Waals surface area (Å²) >= 11 is 0. The molecule has 134 valence electrons. The van der Waals surface area contributed by atoms with E-state index in [2.05, 4.69) is 36.0 Å². The molecule has 26 heavy (non-hydrogen) atoms. The topological polar surface area (TPSA) is 75.3 Å². The van der Waals surface area contributed by atoms with Crippen LogP contribution in [-0.2, 0) is 0 Å². The standard InChI is InChI=1S/C18H22N8/c1-2-11-24(10-1)16-5-4-15-21-22-17(26(15)23-16)14-6-12-25(13-7-14)18-19-8-3-9-20-18/h3-5,8-9,14H,1-2,6-7,10-13H2. The quantitative estimate of drug-likeness (QED) is 0.714. The van der Waals surface area contributed by atoms with E-state index >= 15 is 0 Å². The lowest BCUT2D eigenvalue weighted by Gasteiger charge is -2.30. The Morgan fingerprint density at radius 2 is 1.62 bits per heavy atom. The molecule has 5 heterocycles. The molecule has 3 aromatic rings. The van der Waals surface area contributed by atoms with Crippen LogP contribution in [0, 0.1) is 0 Å². The number of rotatable bonds is 3. The smallest absolute Gasteiger partial charge is 0.225 e. The summed E-state index contributed by atoms with van der Waals surface area (Å²) in [7, 11) is 0. The maximum atomic E-state index is 4.85. The highest BCUT2D eigenvalue weighted by Crippen LogP contribution is 2.28. The molecule has 0 amide bonds. The second-order valence-electron chi connectivity index (χ2n) is 7.02. The maximum Gasteiger partial charge on any atom is 0.225 e. The van der Waals surface area contributed by atoms with Crippen LogP contribution in [0.2, 0.25) is 0 Å². The van der Waals surface area contributed by atoms with Gasteiger partial charge in [-0.2, -0.15) is 4.52 Å². The van der Waals surface area contributed by atoms with Gasteiger partial charge < -0.3 is 9.80 Å². The van der Waals surface area contributed by atoms with E-state index in [0.717, 1.165) is 62.3 Å². The molecule has 0 aliphatic carbocycles. The van der Waals surface area contributed by atoms with Crippen molar-refractivity contribution in [2.24, 2.45) is 0 Å². The van der Waals surface area contributed by atoms with Crippen molar-refractivity contribution in [2.75, 3.05) is 36.0 Å². The fourth-order valence-corrected chi connectivity index (χ4v) is 3.96. The van der Waals surface area contributed by atoms with Crippen molar-refractivity contribution >= 4 is 17.4 Å². The van der Waals surface area contributed by atoms with Crippen molar-refractivity contribution in [3.8, 4) is 0 Å². The van der Waals surface area contributed by atoms with Crippen LogP contribution < -0.4 is 9.80 Å². The van der Waals surface area contributed by atoms with E-state index in [4.69, 9.17) is 5.10 Å². The lowest BCUT2D eigenvalue weighted by molar-refractivity contribution is 0.472. The Bertz CT molecular complexity index is 879. The second kappa shape index (κ2) is 6.51. The lowest BCUT2D eigenvalue weighted by Crippen LogP contribution is -2.34. The SMILES string of the molecule is c1cnc(N2CCC(c3nnc4ccc(N5CCCC5)nn34)CC2)nc1. The largest absolute Gasteiger partial charge is 0.355 e. The van der Waals surface area contributed by atoms with Crippen molar-refractivity contribution in [2.45, 2.75) is 31.6 Å². The van der Waals surface area contributed by atoms with Crippen LogP contribution in [0.4, 0.5) is 11.8 Å². The van der Waals surface area contributed by atoms with Crippen molar-refractivity contribution in [1.29, 1.82) is 0 Å². The highest BCUT2D eigenvalue weighted by Gasteiger charge is 2.26. The van der Waals surface area contributed by atoms with Crippen LogP contribution in [0.5, 0.6) is 0 Å². The molecule has 0 N–H and O–H groups in total. The summed E-state index contributed by atoms with van der Waals surface area (Å²) in [4.78, 5) is 13.3. The molecule has 2 fully saturated rings. The first-order valence-electron chi connectivity index (χ1n) is 9.38. The minimum Gasteiger partial charge on any atom is -0.355 e. The van der Waals surface area contributed by atoms with Gasteiger partial charge in [-0.25, -0.2) is 9.97 Å². The van der Waals surface area contributed by atoms with E-state index in [1.807, 2.05) is 16.6 Å². The molecule has 8 heteroatoms. The third-order valence-corrected chi connectivity index (χ3v) is 5.40. The Morgan fingerprint density at radius 3 is 2.38 bits per heavy atom. The summed E-state index contributed by atoms with van der Waals surface area (Å²) in [6.45, 7) is 4.03. The molecule has 0 radical (unpaired) electrons. The zero-order valence-electron chi connectivity index (χ0n) is 14.7. The Morgan fingerprint density at radius 1 is 0.846 bits per heavy atom. The Labute approximate surface area is 151 Å². The normalized spacial score (nSPS) is 18.8. The van der Waals surface area contributed by atoms with E-state index in [1.54, 1.807) is 12.4 Å². The van der Waals surface area contributed by atoms with Gasteiger partial charge in [0.05, 0.1) is 0 Å². The minimum absolute atomic E-state index is 0.367. The van der Waals surface area contributed by atoms with Gasteiger partial charge in [0.15, 0.2) is 11.5 Å². The monoisotopic (exact) mass is 350 g/mol. The van der Waals surface area contributed by atoms with Crippen LogP contribution >= 0.6 is 0 Å². The molecule has 2 saturated heterocycles. The summed E-state index contributed by atoms with van der Waals surface area (Å²) in [5.74, 6) is 3.19. The minimum atomic E-state index is 0.367. The van der Waals surface area contributed by atoms with Crippen molar-refractivity contribution in [3.63, 3.8) is 0 Å². The molecule has 2 aliphatic rings. The molecule has 0 unspecified atom stereocenters. The molecular weight excluding hydrogens is 328 g/mol. The molecule has 0 aromatic carbocycles. The summed E-state index contributed by atoms with van der Waals surface area (Å²) in [6.07, 6.45) is 8.10. The molecule has 5 rings (SSSR count). The Kier molecular flexibility index (Phi) is 3.88. The first kappa shape index (κ1) is 15.5. The second-order valence-corrected chi connectivity index (χ2v) is 7.02. The maximum absolute atomic E-state index is 4.85. The van der Waals surface area contributed by atoms with Gasteiger partial charge in [0, 0.05) is 44.5 Å². The summed E-state index contributed by atoms with van der Waals surface area (Å²) < 4.78 is 1.95. The van der Waals surface area contributed by atoms with Crippen LogP contribution in [-0.4, -0.2) is 56.0 Å². The molecular formula is C18H22N8. The third-order valence-electron chi connectivity index (χ3n) is 5.40. The summed E-state index contributed by atoms with van der Waals surface area (Å²) in [5.41, 5.74) is 0.830. The molecule has 2 aliphatic heterocycles. The highest BCUT2D eigenvalue weighted by molar-refractivity contribution is 5.46. The zero-order chi connectivity index (χ0) is 17.3.